The van der Waals surface area contributed by atoms with Crippen molar-refractivity contribution in [1.82, 2.24) is 0 Å². The maximum atomic E-state index is 12.2. The molecule has 16 heavy (non-hydrogen) atoms. The van der Waals surface area contributed by atoms with Crippen LogP contribution in [0, 0.1) is 10.1 Å². The van der Waals surface area contributed by atoms with Gasteiger partial charge in [-0.05, 0) is 12.1 Å². The van der Waals surface area contributed by atoms with Gasteiger partial charge in [-0.25, -0.2) is 0 Å². The molecule has 4 nitrogen and oxygen atoms in total. The number of benzene rings is 1. The van der Waals surface area contributed by atoms with Crippen LogP contribution in [0.25, 0.3) is 0 Å². The van der Waals surface area contributed by atoms with E-state index in [1.165, 1.54) is 0 Å². The molecule has 1 aromatic rings. The van der Waals surface area contributed by atoms with Gasteiger partial charge >= 0.3 is 15.9 Å². The van der Waals surface area contributed by atoms with Gasteiger partial charge in [-0.2, -0.15) is 0 Å². The molecule has 1 rings (SSSR count). The third-order valence-corrected chi connectivity index (χ3v) is 2.73. The highest BCUT2D eigenvalue weighted by Gasteiger charge is 2.65. The molecule has 0 aliphatic carbocycles. The van der Waals surface area contributed by atoms with Crippen molar-refractivity contribution in [1.29, 1.82) is 0 Å². The summed E-state index contributed by atoms with van der Waals surface area (Å²) >= 11 is 0. The Morgan fingerprint density at radius 2 is 1.69 bits per heavy atom. The first-order chi connectivity index (χ1) is 6.81. The number of phenolic OH excluding ortho intramolecular Hbond substituents is 1. The summed E-state index contributed by atoms with van der Waals surface area (Å²) < 4.78 is 61.1. The SMILES string of the molecule is O=[N+]([O-])c1cc(S(F)(F)(F)(F)F)ccc1O. The summed E-state index contributed by atoms with van der Waals surface area (Å²) in [7, 11) is -9.95. The second kappa shape index (κ2) is 2.56. The van der Waals surface area contributed by atoms with Crippen molar-refractivity contribution in [2.75, 3.05) is 0 Å². The first kappa shape index (κ1) is 12.5. The van der Waals surface area contributed by atoms with E-state index in [-0.39, 0.29) is 12.1 Å². The third kappa shape index (κ3) is 2.51. The van der Waals surface area contributed by atoms with Crippen molar-refractivity contribution in [3.8, 4) is 5.75 Å². The second-order valence-electron chi connectivity index (χ2n) is 2.88. The van der Waals surface area contributed by atoms with Gasteiger partial charge in [0.1, 0.15) is 4.90 Å². The Morgan fingerprint density at radius 1 is 1.19 bits per heavy atom. The number of aromatic hydroxyl groups is 1. The Hall–Kier alpha value is -1.58. The van der Waals surface area contributed by atoms with E-state index in [4.69, 9.17) is 5.11 Å². The van der Waals surface area contributed by atoms with Crippen LogP contribution in [-0.2, 0) is 0 Å². The minimum atomic E-state index is -9.95. The molecule has 0 amide bonds. The lowest BCUT2D eigenvalue weighted by Crippen LogP contribution is -2.06. The van der Waals surface area contributed by atoms with Gasteiger partial charge in [-0.3, -0.25) is 10.1 Å². The van der Waals surface area contributed by atoms with Gasteiger partial charge in [0.2, 0.25) is 0 Å². The Bertz CT molecular complexity index is 470. The van der Waals surface area contributed by atoms with E-state index in [0.717, 1.165) is 0 Å². The van der Waals surface area contributed by atoms with Gasteiger partial charge in [0.15, 0.2) is 5.75 Å². The van der Waals surface area contributed by atoms with Crippen LogP contribution in [0.4, 0.5) is 25.1 Å². The number of nitrogens with zero attached hydrogens (tertiary/aromatic N) is 1. The number of phenols is 1. The van der Waals surface area contributed by atoms with Gasteiger partial charge in [0.05, 0.1) is 4.92 Å². The largest absolute Gasteiger partial charge is 0.502 e. The first-order valence-corrected chi connectivity index (χ1v) is 5.48. The van der Waals surface area contributed by atoms with Crippen LogP contribution in [0.5, 0.6) is 5.75 Å². The average Bonchev–Trinajstić information content (AvgIpc) is 1.99. The van der Waals surface area contributed by atoms with Gasteiger partial charge in [0, 0.05) is 6.07 Å². The summed E-state index contributed by atoms with van der Waals surface area (Å²) in [5.74, 6) is -1.12. The summed E-state index contributed by atoms with van der Waals surface area (Å²) in [6.07, 6.45) is 0. The van der Waals surface area contributed by atoms with E-state index in [1.54, 1.807) is 0 Å². The Kier molecular flexibility index (Phi) is 2.00. The fraction of sp³-hybridized carbons (Fsp3) is 0. The van der Waals surface area contributed by atoms with Crippen molar-refractivity contribution in [2.45, 2.75) is 4.90 Å². The minimum absolute atomic E-state index is 0.107. The molecule has 0 heterocycles. The molecule has 0 aliphatic rings. The molecule has 0 unspecified atom stereocenters. The highest BCUT2D eigenvalue weighted by atomic mass is 32.5. The molecule has 0 aliphatic heterocycles. The van der Waals surface area contributed by atoms with Crippen LogP contribution in [0.2, 0.25) is 0 Å². The third-order valence-electron chi connectivity index (χ3n) is 1.59. The van der Waals surface area contributed by atoms with Crippen molar-refractivity contribution >= 4 is 15.9 Å². The van der Waals surface area contributed by atoms with E-state index < -0.39 is 37.5 Å². The van der Waals surface area contributed by atoms with E-state index in [1.807, 2.05) is 0 Å². The number of rotatable bonds is 2. The number of hydrogen-bond acceptors (Lipinski definition) is 3. The maximum Gasteiger partial charge on any atom is 0.312 e. The van der Waals surface area contributed by atoms with Crippen LogP contribution in [0.3, 0.4) is 0 Å². The molecule has 1 aromatic carbocycles. The predicted molar refractivity (Wildman–Crippen MR) is 46.2 cm³/mol. The molecule has 0 saturated heterocycles. The minimum Gasteiger partial charge on any atom is -0.502 e. The summed E-state index contributed by atoms with van der Waals surface area (Å²) in [5.41, 5.74) is -1.43. The molecule has 0 spiro atoms. The van der Waals surface area contributed by atoms with Gasteiger partial charge in [-0.1, -0.05) is 19.4 Å². The lowest BCUT2D eigenvalue weighted by molar-refractivity contribution is -0.386. The zero-order valence-corrected chi connectivity index (χ0v) is 8.06. The number of halogens is 5. The van der Waals surface area contributed by atoms with Crippen molar-refractivity contribution in [3.05, 3.63) is 28.3 Å². The number of nitro benzene ring substituents is 1. The van der Waals surface area contributed by atoms with Crippen molar-refractivity contribution < 1.29 is 29.5 Å². The van der Waals surface area contributed by atoms with Crippen LogP contribution in [-0.4, -0.2) is 10.0 Å². The standard InChI is InChI=1S/C6H4F5NO3S/c7-16(8,9,10,11)4-1-2-6(13)5(3-4)12(14)15/h1-3,13H. The molecule has 0 fully saturated rings. The number of nitro groups is 1. The molecule has 92 valence electrons. The maximum absolute atomic E-state index is 12.2. The molecule has 0 saturated carbocycles. The average molecular weight is 265 g/mol. The zero-order chi connectivity index (χ0) is 12.8. The van der Waals surface area contributed by atoms with Gasteiger partial charge < -0.3 is 5.11 Å². The van der Waals surface area contributed by atoms with Crippen LogP contribution in [0.15, 0.2) is 23.1 Å². The molecule has 0 radical (unpaired) electrons. The Morgan fingerprint density at radius 3 is 2.06 bits per heavy atom. The Labute approximate surface area is 85.2 Å². The predicted octanol–water partition coefficient (Wildman–Crippen LogP) is 3.96. The van der Waals surface area contributed by atoms with Crippen LogP contribution < -0.4 is 0 Å². The summed E-state index contributed by atoms with van der Waals surface area (Å²) in [6, 6.07) is -0.299. The zero-order valence-electron chi connectivity index (χ0n) is 7.24. The molecule has 0 aromatic heterocycles. The monoisotopic (exact) mass is 265 g/mol. The van der Waals surface area contributed by atoms with Crippen LogP contribution in [0.1, 0.15) is 0 Å². The summed E-state index contributed by atoms with van der Waals surface area (Å²) in [5, 5.41) is 19.0. The fourth-order valence-electron chi connectivity index (χ4n) is 0.889. The highest BCUT2D eigenvalue weighted by Crippen LogP contribution is 3.02. The van der Waals surface area contributed by atoms with Crippen molar-refractivity contribution in [2.24, 2.45) is 0 Å². The molecule has 10 heteroatoms. The lowest BCUT2D eigenvalue weighted by Gasteiger charge is -2.40. The quantitative estimate of drug-likeness (QED) is 0.500. The topological polar surface area (TPSA) is 63.4 Å². The van der Waals surface area contributed by atoms with Crippen molar-refractivity contribution in [3.63, 3.8) is 0 Å². The van der Waals surface area contributed by atoms with E-state index in [9.17, 15) is 29.5 Å². The molecule has 1 N–H and O–H groups in total. The highest BCUT2D eigenvalue weighted by molar-refractivity contribution is 8.45. The molecule has 0 atom stereocenters. The number of hydrogen-bond donors (Lipinski definition) is 1. The normalized spacial score (nSPS) is 16.3. The Balaban J connectivity index is 3.54. The summed E-state index contributed by atoms with van der Waals surface area (Å²) in [4.78, 5) is 6.36. The molecule has 0 bridgehead atoms. The first-order valence-electron chi connectivity index (χ1n) is 3.53. The fourth-order valence-corrected chi connectivity index (χ4v) is 1.55. The molecular weight excluding hydrogens is 261 g/mol. The van der Waals surface area contributed by atoms with E-state index in [0.29, 0.717) is 0 Å². The van der Waals surface area contributed by atoms with E-state index in [2.05, 4.69) is 0 Å². The van der Waals surface area contributed by atoms with Gasteiger partial charge in [-0.15, -0.1) is 0 Å². The summed E-state index contributed by atoms with van der Waals surface area (Å²) in [6.45, 7) is 0. The lowest BCUT2D eigenvalue weighted by atomic mass is 10.3. The smallest absolute Gasteiger partial charge is 0.312 e. The van der Waals surface area contributed by atoms with Gasteiger partial charge in [0.25, 0.3) is 0 Å². The van der Waals surface area contributed by atoms with E-state index >= 15 is 0 Å². The van der Waals surface area contributed by atoms with Crippen LogP contribution >= 0.6 is 10.2 Å². The molecular formula is C6H4F5NO3S. The second-order valence-corrected chi connectivity index (χ2v) is 5.29.